The molecule has 0 bridgehead atoms. The van der Waals surface area contributed by atoms with Crippen molar-refractivity contribution in [1.29, 1.82) is 0 Å². The van der Waals surface area contributed by atoms with E-state index >= 15 is 0 Å². The second kappa shape index (κ2) is 7.56. The SMILES string of the molecule is C/C=C(/CC(C)C)O/C(=C\C)CC(C)C. The van der Waals surface area contributed by atoms with Gasteiger partial charge in [-0.05, 0) is 37.8 Å². The Bertz CT molecular complexity index is 197. The van der Waals surface area contributed by atoms with Gasteiger partial charge in [-0.2, -0.15) is 0 Å². The van der Waals surface area contributed by atoms with E-state index in [2.05, 4.69) is 39.8 Å². The molecular weight excluding hydrogens is 184 g/mol. The summed E-state index contributed by atoms with van der Waals surface area (Å²) >= 11 is 0. The summed E-state index contributed by atoms with van der Waals surface area (Å²) in [5.74, 6) is 3.49. The fourth-order valence-corrected chi connectivity index (χ4v) is 1.41. The van der Waals surface area contributed by atoms with Crippen LogP contribution in [-0.4, -0.2) is 0 Å². The highest BCUT2D eigenvalue weighted by molar-refractivity contribution is 5.01. The quantitative estimate of drug-likeness (QED) is 0.566. The summed E-state index contributed by atoms with van der Waals surface area (Å²) in [4.78, 5) is 0. The van der Waals surface area contributed by atoms with Gasteiger partial charge in [-0.15, -0.1) is 0 Å². The molecule has 0 aliphatic carbocycles. The van der Waals surface area contributed by atoms with E-state index in [1.165, 1.54) is 0 Å². The molecule has 0 aromatic rings. The third-order valence-corrected chi connectivity index (χ3v) is 2.13. The molecule has 0 fully saturated rings. The first kappa shape index (κ1) is 14.3. The van der Waals surface area contributed by atoms with Crippen molar-refractivity contribution < 1.29 is 4.74 Å². The number of hydrogen-bond acceptors (Lipinski definition) is 1. The Morgan fingerprint density at radius 1 is 0.867 bits per heavy atom. The highest BCUT2D eigenvalue weighted by Crippen LogP contribution is 2.20. The van der Waals surface area contributed by atoms with Gasteiger partial charge < -0.3 is 4.74 Å². The lowest BCUT2D eigenvalue weighted by atomic mass is 10.1. The maximum Gasteiger partial charge on any atom is 0.0995 e. The lowest BCUT2D eigenvalue weighted by Gasteiger charge is -2.16. The van der Waals surface area contributed by atoms with Gasteiger partial charge in [0, 0.05) is 12.8 Å². The van der Waals surface area contributed by atoms with Crippen LogP contribution in [0.5, 0.6) is 0 Å². The fraction of sp³-hybridized carbons (Fsp3) is 0.714. The minimum Gasteiger partial charge on any atom is -0.467 e. The smallest absolute Gasteiger partial charge is 0.0995 e. The first-order valence-corrected chi connectivity index (χ1v) is 5.97. The van der Waals surface area contributed by atoms with E-state index in [-0.39, 0.29) is 0 Å². The van der Waals surface area contributed by atoms with Crippen molar-refractivity contribution >= 4 is 0 Å². The van der Waals surface area contributed by atoms with Crippen LogP contribution in [0.4, 0.5) is 0 Å². The van der Waals surface area contributed by atoms with Crippen molar-refractivity contribution in [2.75, 3.05) is 0 Å². The van der Waals surface area contributed by atoms with Crippen molar-refractivity contribution in [1.82, 2.24) is 0 Å². The molecule has 1 nitrogen and oxygen atoms in total. The van der Waals surface area contributed by atoms with E-state index in [1.807, 2.05) is 13.8 Å². The fourth-order valence-electron chi connectivity index (χ4n) is 1.41. The molecule has 0 rings (SSSR count). The first-order valence-electron chi connectivity index (χ1n) is 5.97. The molecule has 0 saturated heterocycles. The van der Waals surface area contributed by atoms with Crippen LogP contribution < -0.4 is 0 Å². The summed E-state index contributed by atoms with van der Waals surface area (Å²) in [6.07, 6.45) is 6.19. The summed E-state index contributed by atoms with van der Waals surface area (Å²) in [6, 6.07) is 0. The van der Waals surface area contributed by atoms with Gasteiger partial charge in [0.25, 0.3) is 0 Å². The average molecular weight is 210 g/mol. The van der Waals surface area contributed by atoms with Crippen LogP contribution in [0.3, 0.4) is 0 Å². The van der Waals surface area contributed by atoms with E-state index in [0.29, 0.717) is 11.8 Å². The summed E-state index contributed by atoms with van der Waals surface area (Å²) in [5, 5.41) is 0. The molecule has 0 N–H and O–H groups in total. The highest BCUT2D eigenvalue weighted by atomic mass is 16.5. The van der Waals surface area contributed by atoms with Crippen LogP contribution in [0.25, 0.3) is 0 Å². The van der Waals surface area contributed by atoms with E-state index in [1.54, 1.807) is 0 Å². The molecule has 0 spiro atoms. The van der Waals surface area contributed by atoms with E-state index in [0.717, 1.165) is 24.4 Å². The molecule has 0 saturated carbocycles. The molecule has 0 aromatic carbocycles. The van der Waals surface area contributed by atoms with Gasteiger partial charge in [-0.1, -0.05) is 27.7 Å². The van der Waals surface area contributed by atoms with Gasteiger partial charge in [-0.25, -0.2) is 0 Å². The number of hydrogen-bond donors (Lipinski definition) is 0. The molecule has 0 unspecified atom stereocenters. The molecule has 0 aliphatic rings. The molecule has 0 radical (unpaired) electrons. The van der Waals surface area contributed by atoms with Crippen molar-refractivity contribution in [2.24, 2.45) is 11.8 Å². The van der Waals surface area contributed by atoms with Gasteiger partial charge in [0.2, 0.25) is 0 Å². The monoisotopic (exact) mass is 210 g/mol. The van der Waals surface area contributed by atoms with Gasteiger partial charge in [0.1, 0.15) is 0 Å². The zero-order valence-electron chi connectivity index (χ0n) is 11.1. The van der Waals surface area contributed by atoms with E-state index in [9.17, 15) is 0 Å². The third kappa shape index (κ3) is 7.24. The molecular formula is C14H26O. The Kier molecular flexibility index (Phi) is 7.19. The summed E-state index contributed by atoms with van der Waals surface area (Å²) in [7, 11) is 0. The van der Waals surface area contributed by atoms with Crippen molar-refractivity contribution in [3.05, 3.63) is 23.7 Å². The molecule has 15 heavy (non-hydrogen) atoms. The van der Waals surface area contributed by atoms with Gasteiger partial charge >= 0.3 is 0 Å². The lowest BCUT2D eigenvalue weighted by Crippen LogP contribution is -2.00. The highest BCUT2D eigenvalue weighted by Gasteiger charge is 2.06. The summed E-state index contributed by atoms with van der Waals surface area (Å²) < 4.78 is 5.89. The second-order valence-electron chi connectivity index (χ2n) is 4.81. The Morgan fingerprint density at radius 2 is 1.20 bits per heavy atom. The van der Waals surface area contributed by atoms with Crippen LogP contribution in [-0.2, 0) is 4.74 Å². The molecule has 0 atom stereocenters. The van der Waals surface area contributed by atoms with E-state index < -0.39 is 0 Å². The Morgan fingerprint density at radius 3 is 1.40 bits per heavy atom. The first-order chi connectivity index (χ1) is 6.99. The predicted molar refractivity (Wildman–Crippen MR) is 67.5 cm³/mol. The van der Waals surface area contributed by atoms with Crippen molar-refractivity contribution in [3.63, 3.8) is 0 Å². The summed E-state index contributed by atoms with van der Waals surface area (Å²) in [6.45, 7) is 12.9. The van der Waals surface area contributed by atoms with E-state index in [4.69, 9.17) is 4.74 Å². The van der Waals surface area contributed by atoms with Gasteiger partial charge in [0.05, 0.1) is 11.5 Å². The molecule has 0 aliphatic heterocycles. The third-order valence-electron chi connectivity index (χ3n) is 2.13. The van der Waals surface area contributed by atoms with Crippen molar-refractivity contribution in [3.8, 4) is 0 Å². The van der Waals surface area contributed by atoms with Crippen LogP contribution in [0, 0.1) is 11.8 Å². The average Bonchev–Trinajstić information content (AvgIpc) is 2.14. The standard InChI is InChI=1S/C14H26O/c1-7-13(9-11(3)4)15-14(8-2)10-12(5)6/h7-8,11-12H,9-10H2,1-6H3/b13-7-,14-8-. The van der Waals surface area contributed by atoms with Crippen molar-refractivity contribution in [2.45, 2.75) is 54.4 Å². The molecule has 0 amide bonds. The number of ether oxygens (including phenoxy) is 1. The molecule has 88 valence electrons. The predicted octanol–water partition coefficient (Wildman–Crippen LogP) is 4.90. The zero-order valence-corrected chi connectivity index (χ0v) is 11.1. The van der Waals surface area contributed by atoms with Gasteiger partial charge in [-0.3, -0.25) is 0 Å². The Balaban J connectivity index is 4.27. The molecule has 0 aromatic heterocycles. The number of rotatable bonds is 6. The number of allylic oxidation sites excluding steroid dienone is 4. The Labute approximate surface area is 95.2 Å². The second-order valence-corrected chi connectivity index (χ2v) is 4.81. The largest absolute Gasteiger partial charge is 0.467 e. The topological polar surface area (TPSA) is 9.23 Å². The zero-order chi connectivity index (χ0) is 11.8. The normalized spacial score (nSPS) is 13.9. The van der Waals surface area contributed by atoms with Gasteiger partial charge in [0.15, 0.2) is 0 Å². The van der Waals surface area contributed by atoms with Crippen LogP contribution >= 0.6 is 0 Å². The maximum atomic E-state index is 5.89. The van der Waals surface area contributed by atoms with Crippen LogP contribution in [0.15, 0.2) is 23.7 Å². The lowest BCUT2D eigenvalue weighted by molar-refractivity contribution is 0.254. The molecule has 0 heterocycles. The summed E-state index contributed by atoms with van der Waals surface area (Å²) in [5.41, 5.74) is 0. The van der Waals surface area contributed by atoms with Crippen LogP contribution in [0.2, 0.25) is 0 Å². The van der Waals surface area contributed by atoms with Crippen LogP contribution in [0.1, 0.15) is 54.4 Å². The minimum absolute atomic E-state index is 0.647. The maximum absolute atomic E-state index is 5.89. The molecule has 1 heteroatoms. The Hall–Kier alpha value is -0.720. The minimum atomic E-state index is 0.647.